The highest BCUT2D eigenvalue weighted by Crippen LogP contribution is 2.32. The lowest BCUT2D eigenvalue weighted by atomic mass is 10.00. The number of nitrogens with zero attached hydrogens (tertiary/aromatic N) is 4. The minimum absolute atomic E-state index is 0.270. The van der Waals surface area contributed by atoms with Crippen molar-refractivity contribution in [2.24, 2.45) is 11.0 Å². The number of anilines is 2. The topological polar surface area (TPSA) is 109 Å². The number of piperidine rings is 1. The first kappa shape index (κ1) is 17.8. The Balaban J connectivity index is 2.41. The predicted octanol–water partition coefficient (Wildman–Crippen LogP) is 2.14. The number of hydrazone groups is 1. The van der Waals surface area contributed by atoms with Crippen molar-refractivity contribution in [3.63, 3.8) is 0 Å². The standard InChI is InChI=1S/C16H19N5O2S/c1-12-4-3-7-21(11-12)15-8-13(19-20-14(9-17)10-18)5-6-16(15)24(2,22)23/h5-6,8,12,19H,3-4,7,11H2,1-2H3. The molecule has 1 fully saturated rings. The maximum atomic E-state index is 12.1. The zero-order valence-electron chi connectivity index (χ0n) is 13.7. The van der Waals surface area contributed by atoms with Crippen LogP contribution in [0.3, 0.4) is 0 Å². The highest BCUT2D eigenvalue weighted by Gasteiger charge is 2.23. The molecule has 8 heteroatoms. The Morgan fingerprint density at radius 1 is 1.38 bits per heavy atom. The Labute approximate surface area is 142 Å². The van der Waals surface area contributed by atoms with Gasteiger partial charge in [-0.3, -0.25) is 5.43 Å². The van der Waals surface area contributed by atoms with E-state index in [1.807, 2.05) is 0 Å². The molecular weight excluding hydrogens is 326 g/mol. The molecule has 1 aliphatic rings. The molecule has 0 bridgehead atoms. The Kier molecular flexibility index (Phi) is 5.42. The summed E-state index contributed by atoms with van der Waals surface area (Å²) in [6, 6.07) is 8.12. The summed E-state index contributed by atoms with van der Waals surface area (Å²) < 4.78 is 24.2. The summed E-state index contributed by atoms with van der Waals surface area (Å²) in [4.78, 5) is 2.33. The fraction of sp³-hybridized carbons (Fsp3) is 0.438. The van der Waals surface area contributed by atoms with Crippen LogP contribution >= 0.6 is 0 Å². The Bertz CT molecular complexity index is 817. The highest BCUT2D eigenvalue weighted by molar-refractivity contribution is 7.90. The van der Waals surface area contributed by atoms with Crippen molar-refractivity contribution in [1.82, 2.24) is 0 Å². The third-order valence-electron chi connectivity index (χ3n) is 3.86. The molecule has 1 unspecified atom stereocenters. The normalized spacial score (nSPS) is 17.5. The van der Waals surface area contributed by atoms with E-state index in [9.17, 15) is 8.42 Å². The second kappa shape index (κ2) is 7.33. The number of rotatable bonds is 4. The van der Waals surface area contributed by atoms with E-state index in [-0.39, 0.29) is 10.6 Å². The third-order valence-corrected chi connectivity index (χ3v) is 5.01. The van der Waals surface area contributed by atoms with Crippen LogP contribution in [0.15, 0.2) is 28.2 Å². The zero-order valence-corrected chi connectivity index (χ0v) is 14.5. The van der Waals surface area contributed by atoms with Crippen molar-refractivity contribution < 1.29 is 8.42 Å². The molecule has 7 nitrogen and oxygen atoms in total. The summed E-state index contributed by atoms with van der Waals surface area (Å²) >= 11 is 0. The molecule has 1 aliphatic heterocycles. The number of nitriles is 2. The lowest BCUT2D eigenvalue weighted by molar-refractivity contribution is 0.445. The van der Waals surface area contributed by atoms with Gasteiger partial charge in [0.25, 0.3) is 0 Å². The molecule has 2 rings (SSSR count). The van der Waals surface area contributed by atoms with E-state index in [1.54, 1.807) is 24.3 Å². The smallest absolute Gasteiger partial charge is 0.237 e. The van der Waals surface area contributed by atoms with Crippen LogP contribution in [0.5, 0.6) is 0 Å². The number of sulfone groups is 1. The molecule has 0 saturated carbocycles. The minimum atomic E-state index is -3.37. The fourth-order valence-corrected chi connectivity index (χ4v) is 3.63. The molecule has 0 radical (unpaired) electrons. The summed E-state index contributed by atoms with van der Waals surface area (Å²) in [7, 11) is -3.37. The summed E-state index contributed by atoms with van der Waals surface area (Å²) in [5.41, 5.74) is 3.49. The van der Waals surface area contributed by atoms with Crippen LogP contribution in [0, 0.1) is 28.6 Å². The van der Waals surface area contributed by atoms with E-state index in [0.29, 0.717) is 17.3 Å². The van der Waals surface area contributed by atoms with Gasteiger partial charge in [0.2, 0.25) is 5.71 Å². The van der Waals surface area contributed by atoms with Crippen molar-refractivity contribution in [3.05, 3.63) is 18.2 Å². The van der Waals surface area contributed by atoms with Crippen molar-refractivity contribution in [2.45, 2.75) is 24.7 Å². The molecule has 24 heavy (non-hydrogen) atoms. The van der Waals surface area contributed by atoms with Crippen LogP contribution in [0.2, 0.25) is 0 Å². The van der Waals surface area contributed by atoms with Gasteiger partial charge in [-0.15, -0.1) is 0 Å². The van der Waals surface area contributed by atoms with Crippen molar-refractivity contribution >= 4 is 26.9 Å². The molecule has 0 amide bonds. The zero-order chi connectivity index (χ0) is 17.7. The summed E-state index contributed by atoms with van der Waals surface area (Å²) in [6.07, 6.45) is 3.32. The van der Waals surface area contributed by atoms with Gasteiger partial charge in [-0.05, 0) is 37.0 Å². The maximum absolute atomic E-state index is 12.1. The van der Waals surface area contributed by atoms with Crippen molar-refractivity contribution in [1.29, 1.82) is 10.5 Å². The van der Waals surface area contributed by atoms with Crippen LogP contribution in [-0.4, -0.2) is 33.5 Å². The molecule has 1 aromatic rings. The number of benzene rings is 1. The van der Waals surface area contributed by atoms with Gasteiger partial charge in [0.1, 0.15) is 12.1 Å². The van der Waals surface area contributed by atoms with Gasteiger partial charge < -0.3 is 4.90 Å². The largest absolute Gasteiger partial charge is 0.370 e. The predicted molar refractivity (Wildman–Crippen MR) is 92.4 cm³/mol. The lowest BCUT2D eigenvalue weighted by Gasteiger charge is -2.34. The first-order chi connectivity index (χ1) is 11.3. The molecule has 126 valence electrons. The number of hydrogen-bond donors (Lipinski definition) is 1. The first-order valence-electron chi connectivity index (χ1n) is 7.58. The molecule has 1 N–H and O–H groups in total. The van der Waals surface area contributed by atoms with E-state index in [2.05, 4.69) is 22.4 Å². The Morgan fingerprint density at radius 3 is 2.67 bits per heavy atom. The van der Waals surface area contributed by atoms with Crippen LogP contribution in [0.25, 0.3) is 0 Å². The van der Waals surface area contributed by atoms with Crippen LogP contribution in [0.4, 0.5) is 11.4 Å². The monoisotopic (exact) mass is 345 g/mol. The highest BCUT2D eigenvalue weighted by atomic mass is 32.2. The molecule has 0 aromatic heterocycles. The minimum Gasteiger partial charge on any atom is -0.370 e. The average molecular weight is 345 g/mol. The maximum Gasteiger partial charge on any atom is 0.237 e. The van der Waals surface area contributed by atoms with E-state index < -0.39 is 9.84 Å². The van der Waals surface area contributed by atoms with E-state index >= 15 is 0 Å². The summed E-state index contributed by atoms with van der Waals surface area (Å²) in [5, 5.41) is 21.1. The average Bonchev–Trinajstić information content (AvgIpc) is 2.54. The van der Waals surface area contributed by atoms with Gasteiger partial charge in [-0.1, -0.05) is 6.92 Å². The second-order valence-electron chi connectivity index (χ2n) is 5.94. The van der Waals surface area contributed by atoms with Gasteiger partial charge in [-0.25, -0.2) is 8.42 Å². The van der Waals surface area contributed by atoms with E-state index in [0.717, 1.165) is 25.9 Å². The fourth-order valence-electron chi connectivity index (χ4n) is 2.75. The Morgan fingerprint density at radius 2 is 2.08 bits per heavy atom. The molecular formula is C16H19N5O2S. The molecule has 1 heterocycles. The summed E-state index contributed by atoms with van der Waals surface area (Å²) in [6.45, 7) is 3.73. The van der Waals surface area contributed by atoms with Gasteiger partial charge in [0.15, 0.2) is 9.84 Å². The van der Waals surface area contributed by atoms with Gasteiger partial charge >= 0.3 is 0 Å². The van der Waals surface area contributed by atoms with Crippen LogP contribution in [-0.2, 0) is 9.84 Å². The van der Waals surface area contributed by atoms with Crippen LogP contribution < -0.4 is 10.3 Å². The molecule has 1 aromatic carbocycles. The van der Waals surface area contributed by atoms with Crippen molar-refractivity contribution in [3.8, 4) is 12.1 Å². The van der Waals surface area contributed by atoms with E-state index in [4.69, 9.17) is 10.5 Å². The van der Waals surface area contributed by atoms with Crippen molar-refractivity contribution in [2.75, 3.05) is 29.7 Å². The van der Waals surface area contributed by atoms with Gasteiger partial charge in [-0.2, -0.15) is 15.6 Å². The Hall–Kier alpha value is -2.58. The molecule has 0 spiro atoms. The number of hydrogen-bond acceptors (Lipinski definition) is 7. The summed E-state index contributed by atoms with van der Waals surface area (Å²) in [5.74, 6) is 0.490. The van der Waals surface area contributed by atoms with Crippen LogP contribution in [0.1, 0.15) is 19.8 Å². The number of nitrogens with one attached hydrogen (secondary N) is 1. The lowest BCUT2D eigenvalue weighted by Crippen LogP contribution is -2.35. The van der Waals surface area contributed by atoms with E-state index in [1.165, 1.54) is 12.3 Å². The quantitative estimate of drug-likeness (QED) is 0.661. The second-order valence-corrected chi connectivity index (χ2v) is 7.93. The third kappa shape index (κ3) is 4.24. The first-order valence-corrected chi connectivity index (χ1v) is 9.47. The molecule has 1 atom stereocenters. The van der Waals surface area contributed by atoms with Gasteiger partial charge in [0, 0.05) is 19.3 Å². The molecule has 1 saturated heterocycles. The SMILES string of the molecule is CC1CCCN(c2cc(NN=C(C#N)C#N)ccc2S(C)(=O)=O)C1. The van der Waals surface area contributed by atoms with Gasteiger partial charge in [0.05, 0.1) is 16.3 Å². The molecule has 0 aliphatic carbocycles.